The summed E-state index contributed by atoms with van der Waals surface area (Å²) in [4.78, 5) is 40.4. The molecule has 0 spiro atoms. The molecular weight excluding hydrogens is 557 g/mol. The van der Waals surface area contributed by atoms with Crippen LogP contribution in [-0.2, 0) is 37.0 Å². The molecule has 0 saturated carbocycles. The fourth-order valence-corrected chi connectivity index (χ4v) is 5.36. The Morgan fingerprint density at radius 2 is 1.35 bits per heavy atom. The van der Waals surface area contributed by atoms with E-state index in [9.17, 15) is 14.4 Å². The highest BCUT2D eigenvalue weighted by Crippen LogP contribution is 2.36. The molecule has 0 radical (unpaired) electrons. The third kappa shape index (κ3) is 6.06. The highest BCUT2D eigenvalue weighted by atomic mass is 35.5. The molecule has 0 aromatic heterocycles. The summed E-state index contributed by atoms with van der Waals surface area (Å²) in [6.07, 6.45) is -3.00. The average molecular weight is 584 g/mol. The summed E-state index contributed by atoms with van der Waals surface area (Å²) in [5.74, 6) is -2.20. The van der Waals surface area contributed by atoms with Crippen molar-refractivity contribution in [3.8, 4) is 0 Å². The van der Waals surface area contributed by atoms with E-state index in [1.807, 2.05) is 60.7 Å². The van der Waals surface area contributed by atoms with E-state index in [-0.39, 0.29) is 30.9 Å². The summed E-state index contributed by atoms with van der Waals surface area (Å²) in [5.41, 5.74) is 1.09. The van der Waals surface area contributed by atoms with Crippen molar-refractivity contribution in [1.82, 2.24) is 4.90 Å². The van der Waals surface area contributed by atoms with Gasteiger partial charge in [-0.2, -0.15) is 0 Å². The summed E-state index contributed by atoms with van der Waals surface area (Å²) in [7, 11) is 0. The molecular formula is C30H27Cl2NO7. The van der Waals surface area contributed by atoms with Crippen LogP contribution in [0.1, 0.15) is 31.8 Å². The van der Waals surface area contributed by atoms with Crippen LogP contribution in [-0.4, -0.2) is 65.1 Å². The number of carbonyl (C=O) groups excluding carboxylic acids is 3. The molecule has 5 atom stereocenters. The second-order valence-corrected chi connectivity index (χ2v) is 10.1. The van der Waals surface area contributed by atoms with Gasteiger partial charge < -0.3 is 18.9 Å². The summed E-state index contributed by atoms with van der Waals surface area (Å²) in [5, 5.41) is 0. The lowest BCUT2D eigenvalue weighted by Crippen LogP contribution is -2.65. The Hall–Kier alpha value is -3.27. The lowest BCUT2D eigenvalue weighted by Gasteiger charge is -2.46. The van der Waals surface area contributed by atoms with E-state index in [1.54, 1.807) is 24.3 Å². The van der Waals surface area contributed by atoms with E-state index in [0.717, 1.165) is 16.0 Å². The summed E-state index contributed by atoms with van der Waals surface area (Å²) >= 11 is 12.6. The lowest BCUT2D eigenvalue weighted by molar-refractivity contribution is -0.220. The maximum atomic E-state index is 13.4. The topological polar surface area (TPSA) is 91.4 Å². The Morgan fingerprint density at radius 3 is 1.93 bits per heavy atom. The van der Waals surface area contributed by atoms with Crippen molar-refractivity contribution in [1.29, 1.82) is 0 Å². The molecule has 5 rings (SSSR count). The van der Waals surface area contributed by atoms with Gasteiger partial charge in [-0.3, -0.25) is 19.3 Å². The van der Waals surface area contributed by atoms with Crippen molar-refractivity contribution in [3.05, 3.63) is 107 Å². The SMILES string of the molecule is O=C(CCl)O[C@H]1[C@H](OCc2ccccc2)[C@@H](N2C(=O)c3ccccc3C2=O)C(Cl)O[C@@H]1COCc1ccccc1. The van der Waals surface area contributed by atoms with Gasteiger partial charge in [0.25, 0.3) is 11.8 Å². The number of hydrogen-bond donors (Lipinski definition) is 0. The van der Waals surface area contributed by atoms with Gasteiger partial charge in [0, 0.05) is 0 Å². The minimum atomic E-state index is -1.18. The van der Waals surface area contributed by atoms with E-state index in [4.69, 9.17) is 42.1 Å². The zero-order chi connectivity index (χ0) is 28.1. The monoisotopic (exact) mass is 583 g/mol. The smallest absolute Gasteiger partial charge is 0.321 e. The molecule has 1 unspecified atom stereocenters. The van der Waals surface area contributed by atoms with Gasteiger partial charge in [0.05, 0.1) is 30.9 Å². The quantitative estimate of drug-likeness (QED) is 0.196. The molecule has 0 bridgehead atoms. The summed E-state index contributed by atoms with van der Waals surface area (Å²) in [6, 6.07) is 24.3. The van der Waals surface area contributed by atoms with Crippen molar-refractivity contribution < 1.29 is 33.3 Å². The van der Waals surface area contributed by atoms with Gasteiger partial charge in [-0.15, -0.1) is 11.6 Å². The number of imide groups is 1. The third-order valence-corrected chi connectivity index (χ3v) is 7.36. The number of halogens is 2. The van der Waals surface area contributed by atoms with Crippen LogP contribution in [0.4, 0.5) is 0 Å². The standard InChI is InChI=1S/C30H27Cl2NO7/c31-15-24(34)40-26-23(18-37-16-19-9-3-1-4-10-19)39-28(32)25(27(26)38-17-20-11-5-2-6-12-20)33-29(35)21-13-7-8-14-22(21)30(33)36/h1-14,23,25-28H,15-18H2/t23-,25-,26-,27-,28?/m1/s1. The predicted molar refractivity (Wildman–Crippen MR) is 147 cm³/mol. The third-order valence-electron chi connectivity index (χ3n) is 6.78. The Morgan fingerprint density at radius 1 is 0.800 bits per heavy atom. The van der Waals surface area contributed by atoms with E-state index < -0.39 is 53.6 Å². The Balaban J connectivity index is 1.45. The molecule has 1 fully saturated rings. The average Bonchev–Trinajstić information content (AvgIpc) is 3.23. The van der Waals surface area contributed by atoms with Crippen molar-refractivity contribution in [2.24, 2.45) is 0 Å². The number of alkyl halides is 2. The Kier molecular flexibility index (Phi) is 9.14. The first-order chi connectivity index (χ1) is 19.5. The molecule has 2 amide bonds. The molecule has 2 heterocycles. The highest BCUT2D eigenvalue weighted by Gasteiger charge is 2.55. The van der Waals surface area contributed by atoms with Crippen molar-refractivity contribution >= 4 is 41.0 Å². The number of rotatable bonds is 10. The molecule has 208 valence electrons. The largest absolute Gasteiger partial charge is 0.456 e. The van der Waals surface area contributed by atoms with Crippen molar-refractivity contribution in [2.75, 3.05) is 12.5 Å². The van der Waals surface area contributed by atoms with Crippen LogP contribution in [0, 0.1) is 0 Å². The van der Waals surface area contributed by atoms with Crippen LogP contribution in [0.15, 0.2) is 84.9 Å². The highest BCUT2D eigenvalue weighted by molar-refractivity contribution is 6.26. The summed E-state index contributed by atoms with van der Waals surface area (Å²) < 4.78 is 24.0. The maximum Gasteiger partial charge on any atom is 0.321 e. The molecule has 10 heteroatoms. The first kappa shape index (κ1) is 28.3. The van der Waals surface area contributed by atoms with Crippen LogP contribution in [0.3, 0.4) is 0 Å². The van der Waals surface area contributed by atoms with Gasteiger partial charge in [-0.25, -0.2) is 0 Å². The number of hydrogen-bond acceptors (Lipinski definition) is 7. The van der Waals surface area contributed by atoms with Gasteiger partial charge >= 0.3 is 5.97 Å². The predicted octanol–water partition coefficient (Wildman–Crippen LogP) is 4.57. The molecule has 3 aromatic carbocycles. The molecule has 8 nitrogen and oxygen atoms in total. The van der Waals surface area contributed by atoms with Crippen molar-refractivity contribution in [3.63, 3.8) is 0 Å². The van der Waals surface area contributed by atoms with Crippen LogP contribution < -0.4 is 0 Å². The first-order valence-electron chi connectivity index (χ1n) is 12.8. The van der Waals surface area contributed by atoms with Gasteiger partial charge in [0.1, 0.15) is 24.1 Å². The van der Waals surface area contributed by atoms with Gasteiger partial charge in [-0.05, 0) is 23.3 Å². The zero-order valence-electron chi connectivity index (χ0n) is 21.4. The van der Waals surface area contributed by atoms with E-state index >= 15 is 0 Å². The van der Waals surface area contributed by atoms with Gasteiger partial charge in [0.15, 0.2) is 11.7 Å². The fraction of sp³-hybridized carbons (Fsp3) is 0.300. The number of nitrogens with zero attached hydrogens (tertiary/aromatic N) is 1. The first-order valence-corrected chi connectivity index (χ1v) is 13.7. The van der Waals surface area contributed by atoms with Gasteiger partial charge in [-0.1, -0.05) is 84.4 Å². The fourth-order valence-electron chi connectivity index (χ4n) is 4.91. The van der Waals surface area contributed by atoms with Crippen LogP contribution >= 0.6 is 23.2 Å². The number of esters is 1. The van der Waals surface area contributed by atoms with Crippen LogP contribution in [0.5, 0.6) is 0 Å². The molecule has 2 aliphatic rings. The molecule has 1 saturated heterocycles. The molecule has 0 aliphatic carbocycles. The Labute approximate surface area is 241 Å². The second kappa shape index (κ2) is 12.9. The van der Waals surface area contributed by atoms with Crippen LogP contribution in [0.25, 0.3) is 0 Å². The van der Waals surface area contributed by atoms with E-state index in [1.165, 1.54) is 0 Å². The normalized spacial score (nSPS) is 24.1. The molecule has 0 N–H and O–H groups in total. The van der Waals surface area contributed by atoms with Gasteiger partial charge in [0.2, 0.25) is 0 Å². The maximum absolute atomic E-state index is 13.4. The minimum Gasteiger partial charge on any atom is -0.456 e. The van der Waals surface area contributed by atoms with E-state index in [2.05, 4.69) is 0 Å². The molecule has 3 aromatic rings. The number of ether oxygens (including phenoxy) is 4. The summed E-state index contributed by atoms with van der Waals surface area (Å²) in [6.45, 7) is 0.376. The second-order valence-electron chi connectivity index (χ2n) is 9.39. The van der Waals surface area contributed by atoms with E-state index in [0.29, 0.717) is 0 Å². The Bertz CT molecular complexity index is 1310. The zero-order valence-corrected chi connectivity index (χ0v) is 22.9. The number of carbonyl (C=O) groups is 3. The minimum absolute atomic E-state index is 0.00161. The lowest BCUT2D eigenvalue weighted by atomic mass is 9.96. The number of fused-ring (bicyclic) bond motifs is 1. The molecule has 2 aliphatic heterocycles. The van der Waals surface area contributed by atoms with Crippen LogP contribution in [0.2, 0.25) is 0 Å². The number of amides is 2. The van der Waals surface area contributed by atoms with Crippen molar-refractivity contribution in [2.45, 2.75) is 43.1 Å². The molecule has 40 heavy (non-hydrogen) atoms. The number of benzene rings is 3.